The van der Waals surface area contributed by atoms with Crippen molar-refractivity contribution in [3.05, 3.63) is 66.6 Å². The van der Waals surface area contributed by atoms with Gasteiger partial charge in [-0.25, -0.2) is 4.39 Å². The first kappa shape index (κ1) is 19.1. The SMILES string of the molecule is CN(C)c1cnnc(Nc2ccc(NC(=O)COc3ccc(F)cc3)cc2)c1. The van der Waals surface area contributed by atoms with Gasteiger partial charge in [0.05, 0.1) is 11.9 Å². The molecule has 0 bridgehead atoms. The number of hydrogen-bond donors (Lipinski definition) is 2. The molecule has 3 rings (SSSR count). The van der Waals surface area contributed by atoms with Crippen molar-refractivity contribution in [2.45, 2.75) is 0 Å². The third-order valence-corrected chi connectivity index (χ3v) is 3.78. The van der Waals surface area contributed by atoms with E-state index < -0.39 is 0 Å². The Morgan fingerprint density at radius 2 is 1.75 bits per heavy atom. The Labute approximate surface area is 162 Å². The van der Waals surface area contributed by atoms with Crippen LogP contribution < -0.4 is 20.3 Å². The standard InChI is InChI=1S/C20H20FN5O2/c1-26(2)17-11-19(25-22-12-17)23-15-5-7-16(8-6-15)24-20(27)13-28-18-9-3-14(21)4-10-18/h3-12H,13H2,1-2H3,(H,23,25)(H,24,27). The van der Waals surface area contributed by atoms with Crippen molar-refractivity contribution >= 4 is 28.8 Å². The predicted octanol–water partition coefficient (Wildman–Crippen LogP) is 3.44. The lowest BCUT2D eigenvalue weighted by Gasteiger charge is -2.13. The summed E-state index contributed by atoms with van der Waals surface area (Å²) in [5, 5.41) is 13.9. The van der Waals surface area contributed by atoms with E-state index in [2.05, 4.69) is 20.8 Å². The van der Waals surface area contributed by atoms with Crippen molar-refractivity contribution in [1.29, 1.82) is 0 Å². The van der Waals surface area contributed by atoms with Crippen LogP contribution in [0.2, 0.25) is 0 Å². The lowest BCUT2D eigenvalue weighted by molar-refractivity contribution is -0.118. The topological polar surface area (TPSA) is 79.4 Å². The molecule has 0 aliphatic carbocycles. The first-order valence-electron chi connectivity index (χ1n) is 8.55. The summed E-state index contributed by atoms with van der Waals surface area (Å²) in [5.41, 5.74) is 2.37. The zero-order valence-electron chi connectivity index (χ0n) is 15.5. The molecule has 0 saturated carbocycles. The monoisotopic (exact) mass is 381 g/mol. The van der Waals surface area contributed by atoms with Crippen LogP contribution in [-0.2, 0) is 4.79 Å². The summed E-state index contributed by atoms with van der Waals surface area (Å²) in [6, 6.07) is 14.5. The summed E-state index contributed by atoms with van der Waals surface area (Å²) >= 11 is 0. The lowest BCUT2D eigenvalue weighted by Crippen LogP contribution is -2.20. The van der Waals surface area contributed by atoms with Gasteiger partial charge in [-0.1, -0.05) is 0 Å². The molecule has 0 aliphatic heterocycles. The van der Waals surface area contributed by atoms with E-state index in [0.29, 0.717) is 17.3 Å². The van der Waals surface area contributed by atoms with Crippen LogP contribution >= 0.6 is 0 Å². The number of amides is 1. The maximum atomic E-state index is 12.8. The average Bonchev–Trinajstić information content (AvgIpc) is 2.69. The number of carbonyl (C=O) groups is 1. The molecule has 0 spiro atoms. The Hall–Kier alpha value is -3.68. The van der Waals surface area contributed by atoms with E-state index in [-0.39, 0.29) is 18.3 Å². The number of nitrogens with zero attached hydrogens (tertiary/aromatic N) is 3. The van der Waals surface area contributed by atoms with Crippen LogP contribution in [0.5, 0.6) is 5.75 Å². The molecule has 0 unspecified atom stereocenters. The van der Waals surface area contributed by atoms with Gasteiger partial charge in [0.2, 0.25) is 0 Å². The third kappa shape index (κ3) is 5.41. The highest BCUT2D eigenvalue weighted by molar-refractivity contribution is 5.92. The molecule has 0 atom stereocenters. The number of ether oxygens (including phenoxy) is 1. The molecule has 8 heteroatoms. The quantitative estimate of drug-likeness (QED) is 0.653. The van der Waals surface area contributed by atoms with Gasteiger partial charge in [0.15, 0.2) is 12.4 Å². The average molecular weight is 381 g/mol. The van der Waals surface area contributed by atoms with E-state index in [4.69, 9.17) is 4.74 Å². The normalized spacial score (nSPS) is 10.2. The second-order valence-electron chi connectivity index (χ2n) is 6.19. The fourth-order valence-electron chi connectivity index (χ4n) is 2.32. The number of anilines is 4. The summed E-state index contributed by atoms with van der Waals surface area (Å²) in [5.74, 6) is 0.382. The van der Waals surface area contributed by atoms with Crippen molar-refractivity contribution in [2.75, 3.05) is 36.2 Å². The smallest absolute Gasteiger partial charge is 0.262 e. The molecule has 7 nitrogen and oxygen atoms in total. The number of rotatable bonds is 7. The molecule has 144 valence electrons. The molecule has 0 radical (unpaired) electrons. The predicted molar refractivity (Wildman–Crippen MR) is 107 cm³/mol. The lowest BCUT2D eigenvalue weighted by atomic mass is 10.2. The maximum Gasteiger partial charge on any atom is 0.262 e. The molecule has 0 aliphatic rings. The van der Waals surface area contributed by atoms with E-state index in [0.717, 1.165) is 11.4 Å². The zero-order valence-corrected chi connectivity index (χ0v) is 15.5. The van der Waals surface area contributed by atoms with Crippen molar-refractivity contribution in [2.24, 2.45) is 0 Å². The first-order chi connectivity index (χ1) is 13.5. The Morgan fingerprint density at radius 3 is 2.43 bits per heavy atom. The van der Waals surface area contributed by atoms with Gasteiger partial charge in [0.25, 0.3) is 5.91 Å². The number of hydrogen-bond acceptors (Lipinski definition) is 6. The highest BCUT2D eigenvalue weighted by atomic mass is 19.1. The highest BCUT2D eigenvalue weighted by Gasteiger charge is 2.05. The maximum absolute atomic E-state index is 12.8. The van der Waals surface area contributed by atoms with Crippen LogP contribution in [0.1, 0.15) is 0 Å². The molecule has 28 heavy (non-hydrogen) atoms. The fourth-order valence-corrected chi connectivity index (χ4v) is 2.32. The molecule has 1 amide bonds. The van der Waals surface area contributed by atoms with Crippen LogP contribution in [0.3, 0.4) is 0 Å². The number of aromatic nitrogens is 2. The van der Waals surface area contributed by atoms with Crippen LogP contribution in [0.15, 0.2) is 60.8 Å². The van der Waals surface area contributed by atoms with Gasteiger partial charge in [0, 0.05) is 31.5 Å². The molecular weight excluding hydrogens is 361 g/mol. The Balaban J connectivity index is 1.53. The fraction of sp³-hybridized carbons (Fsp3) is 0.150. The first-order valence-corrected chi connectivity index (χ1v) is 8.55. The summed E-state index contributed by atoms with van der Waals surface area (Å²) in [6.45, 7) is -0.168. The van der Waals surface area contributed by atoms with Crippen LogP contribution in [0.4, 0.5) is 27.3 Å². The van der Waals surface area contributed by atoms with Gasteiger partial charge in [-0.2, -0.15) is 5.10 Å². The second kappa shape index (κ2) is 8.81. The van der Waals surface area contributed by atoms with E-state index in [1.54, 1.807) is 18.3 Å². The molecule has 0 saturated heterocycles. The Kier molecular flexibility index (Phi) is 6.01. The molecule has 3 aromatic rings. The molecule has 2 aromatic carbocycles. The number of halogens is 1. The summed E-state index contributed by atoms with van der Waals surface area (Å²) in [7, 11) is 3.86. The van der Waals surface area contributed by atoms with E-state index in [9.17, 15) is 9.18 Å². The van der Waals surface area contributed by atoms with Crippen molar-refractivity contribution in [3.8, 4) is 5.75 Å². The third-order valence-electron chi connectivity index (χ3n) is 3.78. The zero-order chi connectivity index (χ0) is 19.9. The number of carbonyl (C=O) groups excluding carboxylic acids is 1. The number of benzene rings is 2. The largest absolute Gasteiger partial charge is 0.484 e. The van der Waals surface area contributed by atoms with Crippen molar-refractivity contribution in [3.63, 3.8) is 0 Å². The van der Waals surface area contributed by atoms with Crippen LogP contribution in [0.25, 0.3) is 0 Å². The Bertz CT molecular complexity index is 930. The highest BCUT2D eigenvalue weighted by Crippen LogP contribution is 2.20. The van der Waals surface area contributed by atoms with Gasteiger partial charge >= 0.3 is 0 Å². The minimum atomic E-state index is -0.357. The molecule has 1 heterocycles. The molecule has 2 N–H and O–H groups in total. The number of nitrogens with one attached hydrogen (secondary N) is 2. The van der Waals surface area contributed by atoms with E-state index in [1.165, 1.54) is 24.3 Å². The van der Waals surface area contributed by atoms with E-state index in [1.807, 2.05) is 37.2 Å². The van der Waals surface area contributed by atoms with Crippen LogP contribution in [-0.4, -0.2) is 36.8 Å². The molecule has 1 aromatic heterocycles. The van der Waals surface area contributed by atoms with E-state index >= 15 is 0 Å². The minimum absolute atomic E-state index is 0.168. The van der Waals surface area contributed by atoms with Gasteiger partial charge in [-0.15, -0.1) is 5.10 Å². The summed E-state index contributed by atoms with van der Waals surface area (Å²) in [6.07, 6.45) is 1.68. The minimum Gasteiger partial charge on any atom is -0.484 e. The van der Waals surface area contributed by atoms with Crippen LogP contribution in [0, 0.1) is 5.82 Å². The van der Waals surface area contributed by atoms with Crippen molar-refractivity contribution in [1.82, 2.24) is 10.2 Å². The van der Waals surface area contributed by atoms with Gasteiger partial charge in [0.1, 0.15) is 11.6 Å². The molecule has 0 fully saturated rings. The van der Waals surface area contributed by atoms with Crippen molar-refractivity contribution < 1.29 is 13.9 Å². The summed E-state index contributed by atoms with van der Waals surface area (Å²) in [4.78, 5) is 13.9. The van der Waals surface area contributed by atoms with Gasteiger partial charge in [-0.05, 0) is 48.5 Å². The summed E-state index contributed by atoms with van der Waals surface area (Å²) < 4.78 is 18.2. The van der Waals surface area contributed by atoms with Gasteiger partial charge in [-0.3, -0.25) is 4.79 Å². The van der Waals surface area contributed by atoms with Gasteiger partial charge < -0.3 is 20.3 Å². The Morgan fingerprint density at radius 1 is 1.07 bits per heavy atom. The second-order valence-corrected chi connectivity index (χ2v) is 6.19. The molecular formula is C20H20FN5O2.